The van der Waals surface area contributed by atoms with Gasteiger partial charge in [-0.2, -0.15) is 0 Å². The first-order valence-corrected chi connectivity index (χ1v) is 15.8. The molecule has 0 radical (unpaired) electrons. The van der Waals surface area contributed by atoms with Gasteiger partial charge in [0.2, 0.25) is 0 Å². The Morgan fingerprint density at radius 2 is 0.604 bits per heavy atom. The Kier molecular flexibility index (Phi) is 7.83. The van der Waals surface area contributed by atoms with E-state index in [1.54, 1.807) is 0 Å². The highest BCUT2D eigenvalue weighted by Gasteiger charge is 2.15. The Morgan fingerprint density at radius 1 is 0.250 bits per heavy atom. The van der Waals surface area contributed by atoms with Gasteiger partial charge in [-0.3, -0.25) is 9.97 Å². The lowest BCUT2D eigenvalue weighted by atomic mass is 9.94. The molecule has 3 heterocycles. The monoisotopic (exact) mass is 615 g/mol. The van der Waals surface area contributed by atoms with Gasteiger partial charge in [0.1, 0.15) is 0 Å². The zero-order chi connectivity index (χ0) is 32.1. The van der Waals surface area contributed by atoms with E-state index in [4.69, 9.17) is 15.0 Å². The zero-order valence-electron chi connectivity index (χ0n) is 26.0. The van der Waals surface area contributed by atoms with Crippen molar-refractivity contribution in [3.8, 4) is 78.9 Å². The van der Waals surface area contributed by atoms with Crippen LogP contribution in [0.1, 0.15) is 0 Å². The summed E-state index contributed by atoms with van der Waals surface area (Å²) in [6, 6.07) is 55.7. The van der Waals surface area contributed by atoms with Gasteiger partial charge in [-0.25, -0.2) is 15.0 Å². The van der Waals surface area contributed by atoms with Crippen LogP contribution in [0, 0.1) is 0 Å². The first-order chi connectivity index (χ1) is 23.8. The van der Waals surface area contributed by atoms with Crippen molar-refractivity contribution in [2.24, 2.45) is 0 Å². The minimum absolute atomic E-state index is 0.612. The van der Waals surface area contributed by atoms with Crippen molar-refractivity contribution in [3.63, 3.8) is 0 Å². The van der Waals surface area contributed by atoms with Crippen LogP contribution < -0.4 is 0 Å². The smallest absolute Gasteiger partial charge is 0.164 e. The molecule has 5 nitrogen and oxygen atoms in total. The number of hydrogen-bond donors (Lipinski definition) is 0. The average Bonchev–Trinajstić information content (AvgIpc) is 3.19. The third kappa shape index (κ3) is 6.13. The van der Waals surface area contributed by atoms with Gasteiger partial charge in [-0.05, 0) is 64.7 Å². The zero-order valence-corrected chi connectivity index (χ0v) is 26.0. The van der Waals surface area contributed by atoms with Crippen molar-refractivity contribution in [2.45, 2.75) is 0 Å². The third-order valence-electron chi connectivity index (χ3n) is 8.25. The molecular formula is C43H29N5. The van der Waals surface area contributed by atoms with E-state index in [0.717, 1.165) is 61.5 Å². The van der Waals surface area contributed by atoms with Gasteiger partial charge in [0.05, 0.1) is 11.4 Å². The minimum atomic E-state index is 0.612. The molecule has 0 bridgehead atoms. The fourth-order valence-electron chi connectivity index (χ4n) is 5.76. The van der Waals surface area contributed by atoms with E-state index < -0.39 is 0 Å². The summed E-state index contributed by atoms with van der Waals surface area (Å²) >= 11 is 0. The van der Waals surface area contributed by atoms with E-state index in [9.17, 15) is 0 Å². The summed E-state index contributed by atoms with van der Waals surface area (Å²) in [5.74, 6) is 1.87. The van der Waals surface area contributed by atoms with E-state index in [-0.39, 0.29) is 0 Å². The molecule has 0 spiro atoms. The molecule has 0 unspecified atom stereocenters. The summed E-state index contributed by atoms with van der Waals surface area (Å²) in [7, 11) is 0. The molecule has 5 heteroatoms. The lowest BCUT2D eigenvalue weighted by Gasteiger charge is -2.13. The number of hydrogen-bond acceptors (Lipinski definition) is 5. The van der Waals surface area contributed by atoms with E-state index in [0.29, 0.717) is 17.5 Å². The number of nitrogens with zero attached hydrogens (tertiary/aromatic N) is 5. The number of aromatic nitrogens is 5. The van der Waals surface area contributed by atoms with Crippen LogP contribution in [0.5, 0.6) is 0 Å². The summed E-state index contributed by atoms with van der Waals surface area (Å²) < 4.78 is 0. The van der Waals surface area contributed by atoms with Crippen LogP contribution in [0.4, 0.5) is 0 Å². The molecule has 0 saturated carbocycles. The second-order valence-electron chi connectivity index (χ2n) is 11.4. The van der Waals surface area contributed by atoms with Crippen molar-refractivity contribution >= 4 is 0 Å². The molecular weight excluding hydrogens is 587 g/mol. The largest absolute Gasteiger partial charge is 0.256 e. The molecule has 0 aliphatic carbocycles. The van der Waals surface area contributed by atoms with Gasteiger partial charge in [-0.15, -0.1) is 0 Å². The fraction of sp³-hybridized carbons (Fsp3) is 0. The highest BCUT2D eigenvalue weighted by molar-refractivity contribution is 5.81. The molecule has 0 amide bonds. The van der Waals surface area contributed by atoms with Gasteiger partial charge < -0.3 is 0 Å². The predicted octanol–water partition coefficient (Wildman–Crippen LogP) is 10.3. The van der Waals surface area contributed by atoms with Crippen molar-refractivity contribution in [1.82, 2.24) is 24.9 Å². The van der Waals surface area contributed by atoms with Gasteiger partial charge in [0, 0.05) is 40.2 Å². The maximum Gasteiger partial charge on any atom is 0.164 e. The second kappa shape index (κ2) is 13.0. The van der Waals surface area contributed by atoms with Crippen LogP contribution in [-0.4, -0.2) is 24.9 Å². The van der Waals surface area contributed by atoms with Crippen molar-refractivity contribution in [3.05, 3.63) is 176 Å². The maximum atomic E-state index is 5.04. The minimum Gasteiger partial charge on any atom is -0.256 e. The van der Waals surface area contributed by atoms with Gasteiger partial charge >= 0.3 is 0 Å². The first kappa shape index (κ1) is 28.9. The molecule has 0 N–H and O–H groups in total. The van der Waals surface area contributed by atoms with E-state index in [1.165, 1.54) is 0 Å². The molecule has 8 aromatic rings. The summed E-state index contributed by atoms with van der Waals surface area (Å²) in [6.07, 6.45) is 3.64. The van der Waals surface area contributed by atoms with Crippen LogP contribution in [0.15, 0.2) is 176 Å². The summed E-state index contributed by atoms with van der Waals surface area (Å²) in [5, 5.41) is 0. The van der Waals surface area contributed by atoms with E-state index in [1.807, 2.05) is 109 Å². The Balaban J connectivity index is 1.28. The van der Waals surface area contributed by atoms with Gasteiger partial charge in [-0.1, -0.05) is 121 Å². The van der Waals surface area contributed by atoms with Crippen LogP contribution in [0.2, 0.25) is 0 Å². The average molecular weight is 616 g/mol. The van der Waals surface area contributed by atoms with Gasteiger partial charge in [0.15, 0.2) is 17.5 Å². The molecule has 8 rings (SSSR count). The maximum absolute atomic E-state index is 5.04. The molecule has 226 valence electrons. The number of rotatable bonds is 7. The molecule has 3 aromatic heterocycles. The molecule has 0 fully saturated rings. The van der Waals surface area contributed by atoms with E-state index in [2.05, 4.69) is 76.7 Å². The number of pyridine rings is 2. The third-order valence-corrected chi connectivity index (χ3v) is 8.25. The van der Waals surface area contributed by atoms with Crippen molar-refractivity contribution < 1.29 is 0 Å². The topological polar surface area (TPSA) is 64.5 Å². The van der Waals surface area contributed by atoms with Crippen LogP contribution in [0.3, 0.4) is 0 Å². The Labute approximate surface area is 279 Å². The molecule has 5 aromatic carbocycles. The molecule has 0 atom stereocenters. The number of benzene rings is 5. The normalized spacial score (nSPS) is 10.9. The molecule has 0 saturated heterocycles. The Hall–Kier alpha value is -6.59. The molecule has 48 heavy (non-hydrogen) atoms. The second-order valence-corrected chi connectivity index (χ2v) is 11.4. The SMILES string of the molecule is c1ccc(-c2nc(-c3ccccc3)nc(-c3cc(-c4ccc(-c5ccccn5)cc4)cc(-c4ccc(-c5ccccn5)cc4)c3)n2)cc1. The van der Waals surface area contributed by atoms with E-state index >= 15 is 0 Å². The highest BCUT2D eigenvalue weighted by Crippen LogP contribution is 2.34. The van der Waals surface area contributed by atoms with Crippen molar-refractivity contribution in [2.75, 3.05) is 0 Å². The predicted molar refractivity (Wildman–Crippen MR) is 193 cm³/mol. The van der Waals surface area contributed by atoms with Gasteiger partial charge in [0.25, 0.3) is 0 Å². The lowest BCUT2D eigenvalue weighted by molar-refractivity contribution is 1.07. The van der Waals surface area contributed by atoms with Crippen LogP contribution in [-0.2, 0) is 0 Å². The Morgan fingerprint density at radius 3 is 1.00 bits per heavy atom. The Bertz CT molecular complexity index is 2130. The van der Waals surface area contributed by atoms with Crippen molar-refractivity contribution in [1.29, 1.82) is 0 Å². The summed E-state index contributed by atoms with van der Waals surface area (Å²) in [4.78, 5) is 24.0. The van der Waals surface area contributed by atoms with Crippen LogP contribution >= 0.6 is 0 Å². The summed E-state index contributed by atoms with van der Waals surface area (Å²) in [5.41, 5.74) is 11.1. The fourth-order valence-corrected chi connectivity index (χ4v) is 5.76. The lowest BCUT2D eigenvalue weighted by Crippen LogP contribution is -2.00. The molecule has 0 aliphatic rings. The molecule has 0 aliphatic heterocycles. The standard InChI is InChI=1S/C43H29N5/c1-3-11-34(12-4-1)41-46-42(35-13-5-2-6-14-35)48-43(47-41)38-28-36(30-17-21-32(22-18-30)39-15-7-9-25-44-39)27-37(29-38)31-19-23-33(24-20-31)40-16-8-10-26-45-40/h1-29H. The first-order valence-electron chi connectivity index (χ1n) is 15.8. The van der Waals surface area contributed by atoms with Crippen LogP contribution in [0.25, 0.3) is 78.9 Å². The highest BCUT2D eigenvalue weighted by atomic mass is 15.0. The quantitative estimate of drug-likeness (QED) is 0.178. The summed E-state index contributed by atoms with van der Waals surface area (Å²) in [6.45, 7) is 0.